The maximum Gasteiger partial charge on any atom is 0.255 e. The number of carbonyl (C=O) groups excluding carboxylic acids is 1. The summed E-state index contributed by atoms with van der Waals surface area (Å²) in [5.41, 5.74) is 2.85. The molecule has 0 saturated heterocycles. The van der Waals surface area contributed by atoms with Gasteiger partial charge in [-0.15, -0.1) is 0 Å². The first-order valence-corrected chi connectivity index (χ1v) is 8.51. The van der Waals surface area contributed by atoms with Gasteiger partial charge >= 0.3 is 0 Å². The zero-order chi connectivity index (χ0) is 19.1. The largest absolute Gasteiger partial charge is 0.496 e. The lowest BCUT2D eigenvalue weighted by atomic mass is 10.1. The molecule has 0 fully saturated rings. The van der Waals surface area contributed by atoms with Crippen molar-refractivity contribution in [2.75, 3.05) is 12.4 Å². The van der Waals surface area contributed by atoms with Crippen molar-refractivity contribution >= 4 is 11.6 Å². The van der Waals surface area contributed by atoms with E-state index in [4.69, 9.17) is 9.47 Å². The fraction of sp³-hybridized carbons (Fsp3) is 0.136. The molecular formula is C22H20FNO3. The average Bonchev–Trinajstić information content (AvgIpc) is 2.70. The van der Waals surface area contributed by atoms with Crippen molar-refractivity contribution in [1.29, 1.82) is 0 Å². The molecule has 0 aliphatic carbocycles. The number of nitrogens with one attached hydrogen (secondary N) is 1. The van der Waals surface area contributed by atoms with Gasteiger partial charge in [-0.3, -0.25) is 4.79 Å². The van der Waals surface area contributed by atoms with Crippen molar-refractivity contribution in [2.24, 2.45) is 0 Å². The van der Waals surface area contributed by atoms with E-state index < -0.39 is 0 Å². The number of hydrogen-bond donors (Lipinski definition) is 1. The van der Waals surface area contributed by atoms with Crippen LogP contribution in [0.3, 0.4) is 0 Å². The van der Waals surface area contributed by atoms with Crippen LogP contribution in [0.15, 0.2) is 72.8 Å². The van der Waals surface area contributed by atoms with Gasteiger partial charge in [-0.1, -0.05) is 30.3 Å². The summed E-state index contributed by atoms with van der Waals surface area (Å²) in [5, 5.41) is 2.74. The fourth-order valence-corrected chi connectivity index (χ4v) is 2.62. The number of rotatable bonds is 7. The number of amides is 1. The Labute approximate surface area is 157 Å². The summed E-state index contributed by atoms with van der Waals surface area (Å²) in [6.07, 6.45) is 0. The molecule has 0 saturated carbocycles. The van der Waals surface area contributed by atoms with Crippen molar-refractivity contribution in [3.05, 3.63) is 95.3 Å². The Balaban J connectivity index is 1.68. The highest BCUT2D eigenvalue weighted by Crippen LogP contribution is 2.22. The monoisotopic (exact) mass is 365 g/mol. The Morgan fingerprint density at radius 3 is 2.41 bits per heavy atom. The van der Waals surface area contributed by atoms with E-state index in [2.05, 4.69) is 5.32 Å². The number of ether oxygens (including phenoxy) is 2. The second-order valence-corrected chi connectivity index (χ2v) is 5.97. The van der Waals surface area contributed by atoms with Gasteiger partial charge in [-0.05, 0) is 48.0 Å². The first kappa shape index (κ1) is 18.6. The molecule has 0 radical (unpaired) electrons. The normalized spacial score (nSPS) is 10.4. The second-order valence-electron chi connectivity index (χ2n) is 5.97. The van der Waals surface area contributed by atoms with Crippen LogP contribution in [0.2, 0.25) is 0 Å². The van der Waals surface area contributed by atoms with E-state index >= 15 is 0 Å². The van der Waals surface area contributed by atoms with Gasteiger partial charge in [-0.25, -0.2) is 4.39 Å². The zero-order valence-electron chi connectivity index (χ0n) is 14.9. The molecule has 0 atom stereocenters. The van der Waals surface area contributed by atoms with Crippen LogP contribution >= 0.6 is 0 Å². The van der Waals surface area contributed by atoms with Gasteiger partial charge in [0.05, 0.1) is 20.3 Å². The highest BCUT2D eigenvalue weighted by atomic mass is 19.1. The Bertz CT molecular complexity index is 895. The molecule has 138 valence electrons. The molecule has 1 N–H and O–H groups in total. The summed E-state index contributed by atoms with van der Waals surface area (Å²) in [6, 6.07) is 20.6. The summed E-state index contributed by atoms with van der Waals surface area (Å²) in [4.78, 5) is 12.5. The van der Waals surface area contributed by atoms with E-state index in [1.807, 2.05) is 30.3 Å². The van der Waals surface area contributed by atoms with Crippen LogP contribution in [0, 0.1) is 5.82 Å². The Kier molecular flexibility index (Phi) is 6.18. The average molecular weight is 365 g/mol. The minimum atomic E-state index is -0.352. The summed E-state index contributed by atoms with van der Waals surface area (Å²) in [5.74, 6) is 0.0188. The molecule has 0 unspecified atom stereocenters. The fourth-order valence-electron chi connectivity index (χ4n) is 2.62. The molecule has 27 heavy (non-hydrogen) atoms. The van der Waals surface area contributed by atoms with E-state index in [0.717, 1.165) is 11.1 Å². The van der Waals surface area contributed by atoms with E-state index in [-0.39, 0.29) is 11.7 Å². The van der Waals surface area contributed by atoms with Gasteiger partial charge in [0.15, 0.2) is 0 Å². The Morgan fingerprint density at radius 1 is 0.963 bits per heavy atom. The minimum absolute atomic E-state index is 0.284. The third-order valence-electron chi connectivity index (χ3n) is 4.01. The molecule has 5 heteroatoms. The number of methoxy groups -OCH3 is 1. The second kappa shape index (κ2) is 8.96. The number of anilines is 1. The van der Waals surface area contributed by atoms with Crippen molar-refractivity contribution in [3.63, 3.8) is 0 Å². The molecule has 0 aliphatic heterocycles. The van der Waals surface area contributed by atoms with Crippen LogP contribution in [0.1, 0.15) is 21.5 Å². The maximum absolute atomic E-state index is 13.0. The number of halogens is 1. The van der Waals surface area contributed by atoms with Gasteiger partial charge in [0, 0.05) is 16.8 Å². The van der Waals surface area contributed by atoms with Gasteiger partial charge in [0.2, 0.25) is 0 Å². The lowest BCUT2D eigenvalue weighted by Crippen LogP contribution is -2.12. The Hall–Kier alpha value is -3.18. The zero-order valence-corrected chi connectivity index (χ0v) is 14.9. The molecular weight excluding hydrogens is 345 g/mol. The van der Waals surface area contributed by atoms with Gasteiger partial charge in [0.1, 0.15) is 11.6 Å². The summed E-state index contributed by atoms with van der Waals surface area (Å²) in [6.45, 7) is 0.783. The third-order valence-corrected chi connectivity index (χ3v) is 4.01. The van der Waals surface area contributed by atoms with E-state index in [1.165, 1.54) is 24.3 Å². The van der Waals surface area contributed by atoms with Gasteiger partial charge < -0.3 is 14.8 Å². The standard InChI is InChI=1S/C22H20FNO3/c1-26-21-12-7-17(22(25)24-20-10-8-19(23)9-11-20)13-18(21)15-27-14-16-5-3-2-4-6-16/h2-13H,14-15H2,1H3,(H,24,25). The first-order valence-electron chi connectivity index (χ1n) is 8.51. The van der Waals surface area contributed by atoms with E-state index in [0.29, 0.717) is 30.2 Å². The molecule has 0 heterocycles. The Morgan fingerprint density at radius 2 is 1.70 bits per heavy atom. The molecule has 0 spiro atoms. The lowest BCUT2D eigenvalue weighted by Gasteiger charge is -2.12. The number of benzene rings is 3. The molecule has 3 aromatic rings. The third kappa shape index (κ3) is 5.15. The summed E-state index contributed by atoms with van der Waals surface area (Å²) < 4.78 is 24.1. The molecule has 3 rings (SSSR count). The molecule has 4 nitrogen and oxygen atoms in total. The van der Waals surface area contributed by atoms with Crippen molar-refractivity contribution < 1.29 is 18.7 Å². The molecule has 0 aliphatic rings. The van der Waals surface area contributed by atoms with Crippen molar-refractivity contribution in [3.8, 4) is 5.75 Å². The molecule has 3 aromatic carbocycles. The van der Waals surface area contributed by atoms with E-state index in [1.54, 1.807) is 25.3 Å². The predicted molar refractivity (Wildman–Crippen MR) is 102 cm³/mol. The van der Waals surface area contributed by atoms with Gasteiger partial charge in [0.25, 0.3) is 5.91 Å². The van der Waals surface area contributed by atoms with Gasteiger partial charge in [-0.2, -0.15) is 0 Å². The van der Waals surface area contributed by atoms with E-state index in [9.17, 15) is 9.18 Å². The molecule has 1 amide bonds. The van der Waals surface area contributed by atoms with Crippen LogP contribution < -0.4 is 10.1 Å². The van der Waals surface area contributed by atoms with Crippen LogP contribution in [0.5, 0.6) is 5.75 Å². The first-order chi connectivity index (χ1) is 13.2. The van der Waals surface area contributed by atoms with Crippen LogP contribution in [0.4, 0.5) is 10.1 Å². The molecule has 0 aromatic heterocycles. The van der Waals surface area contributed by atoms with Crippen LogP contribution in [-0.4, -0.2) is 13.0 Å². The topological polar surface area (TPSA) is 47.6 Å². The lowest BCUT2D eigenvalue weighted by molar-refractivity contribution is 0.102. The summed E-state index contributed by atoms with van der Waals surface area (Å²) >= 11 is 0. The minimum Gasteiger partial charge on any atom is -0.496 e. The number of carbonyl (C=O) groups is 1. The quantitative estimate of drug-likeness (QED) is 0.654. The maximum atomic E-state index is 13.0. The predicted octanol–water partition coefficient (Wildman–Crippen LogP) is 4.80. The van der Waals surface area contributed by atoms with Crippen LogP contribution in [-0.2, 0) is 18.0 Å². The smallest absolute Gasteiger partial charge is 0.255 e. The van der Waals surface area contributed by atoms with Crippen molar-refractivity contribution in [1.82, 2.24) is 0 Å². The summed E-state index contributed by atoms with van der Waals surface area (Å²) in [7, 11) is 1.58. The highest BCUT2D eigenvalue weighted by Gasteiger charge is 2.11. The number of hydrogen-bond acceptors (Lipinski definition) is 3. The highest BCUT2D eigenvalue weighted by molar-refractivity contribution is 6.04. The SMILES string of the molecule is COc1ccc(C(=O)Nc2ccc(F)cc2)cc1COCc1ccccc1. The molecule has 0 bridgehead atoms. The van der Waals surface area contributed by atoms with Crippen LogP contribution in [0.25, 0.3) is 0 Å². The van der Waals surface area contributed by atoms with Crippen molar-refractivity contribution in [2.45, 2.75) is 13.2 Å².